The largest absolute Gasteiger partial charge is 0.346 e. The van der Waals surface area contributed by atoms with Crippen LogP contribution in [-0.2, 0) is 6.42 Å². The predicted molar refractivity (Wildman–Crippen MR) is 101 cm³/mol. The van der Waals surface area contributed by atoms with Crippen LogP contribution in [0.2, 0.25) is 0 Å². The zero-order valence-electron chi connectivity index (χ0n) is 14.9. The van der Waals surface area contributed by atoms with Gasteiger partial charge in [0.2, 0.25) is 0 Å². The molecule has 2 heteroatoms. The average Bonchev–Trinajstić information content (AvgIpc) is 2.62. The van der Waals surface area contributed by atoms with Crippen molar-refractivity contribution >= 4 is 5.91 Å². The molecule has 0 spiro atoms. The minimum Gasteiger partial charge on any atom is -0.346 e. The lowest BCUT2D eigenvalue weighted by atomic mass is 10.0. The zero-order chi connectivity index (χ0) is 17.2. The van der Waals surface area contributed by atoms with E-state index in [0.29, 0.717) is 0 Å². The summed E-state index contributed by atoms with van der Waals surface area (Å²) < 4.78 is 0. The molecule has 1 atom stereocenters. The molecule has 0 saturated heterocycles. The van der Waals surface area contributed by atoms with Crippen molar-refractivity contribution in [3.8, 4) is 0 Å². The maximum Gasteiger partial charge on any atom is 0.251 e. The number of carbonyl (C=O) groups excluding carboxylic acids is 1. The Morgan fingerprint density at radius 1 is 0.917 bits per heavy atom. The fourth-order valence-corrected chi connectivity index (χ4v) is 2.86. The van der Waals surface area contributed by atoms with Crippen LogP contribution in [-0.4, -0.2) is 5.91 Å². The van der Waals surface area contributed by atoms with Crippen molar-refractivity contribution < 1.29 is 4.79 Å². The van der Waals surface area contributed by atoms with E-state index in [1.807, 2.05) is 49.4 Å². The van der Waals surface area contributed by atoms with E-state index in [0.717, 1.165) is 17.5 Å². The van der Waals surface area contributed by atoms with Crippen LogP contribution in [0, 0.1) is 0 Å². The maximum absolute atomic E-state index is 12.4. The molecule has 0 saturated carbocycles. The summed E-state index contributed by atoms with van der Waals surface area (Å²) >= 11 is 0. The van der Waals surface area contributed by atoms with Crippen LogP contribution in [0.3, 0.4) is 0 Å². The maximum atomic E-state index is 12.4. The SMILES string of the molecule is CCCCCCCc1ccc(C(=O)NC(C)c2ccccc2)cc1. The molecule has 2 rings (SSSR count). The summed E-state index contributed by atoms with van der Waals surface area (Å²) in [7, 11) is 0. The first-order valence-electron chi connectivity index (χ1n) is 9.15. The summed E-state index contributed by atoms with van der Waals surface area (Å²) in [6.45, 7) is 4.25. The molecule has 0 bridgehead atoms. The van der Waals surface area contributed by atoms with Crippen LogP contribution in [0.15, 0.2) is 54.6 Å². The van der Waals surface area contributed by atoms with Crippen LogP contribution in [0.4, 0.5) is 0 Å². The first kappa shape index (κ1) is 18.3. The Morgan fingerprint density at radius 2 is 1.58 bits per heavy atom. The normalized spacial score (nSPS) is 11.9. The lowest BCUT2D eigenvalue weighted by Gasteiger charge is -2.14. The first-order valence-corrected chi connectivity index (χ1v) is 9.15. The first-order chi connectivity index (χ1) is 11.7. The third-order valence-electron chi connectivity index (χ3n) is 4.43. The van der Waals surface area contributed by atoms with Crippen molar-refractivity contribution in [2.75, 3.05) is 0 Å². The van der Waals surface area contributed by atoms with E-state index in [1.54, 1.807) is 0 Å². The number of amides is 1. The number of rotatable bonds is 9. The number of hydrogen-bond donors (Lipinski definition) is 1. The third kappa shape index (κ3) is 5.84. The number of benzene rings is 2. The van der Waals surface area contributed by atoms with E-state index in [9.17, 15) is 4.79 Å². The second-order valence-corrected chi connectivity index (χ2v) is 6.47. The summed E-state index contributed by atoms with van der Waals surface area (Å²) in [6.07, 6.45) is 7.57. The Balaban J connectivity index is 1.82. The molecule has 1 N–H and O–H groups in total. The Kier molecular flexibility index (Phi) is 7.54. The summed E-state index contributed by atoms with van der Waals surface area (Å²) in [5.41, 5.74) is 3.17. The number of aryl methyl sites for hydroxylation is 1. The fourth-order valence-electron chi connectivity index (χ4n) is 2.86. The third-order valence-corrected chi connectivity index (χ3v) is 4.43. The molecule has 1 amide bonds. The molecule has 0 aliphatic heterocycles. The van der Waals surface area contributed by atoms with Gasteiger partial charge in [0.15, 0.2) is 0 Å². The minimum absolute atomic E-state index is 0.0111. The van der Waals surface area contributed by atoms with Gasteiger partial charge in [-0.3, -0.25) is 4.79 Å². The summed E-state index contributed by atoms with van der Waals surface area (Å²) in [5.74, 6) is -0.0131. The fraction of sp³-hybridized carbons (Fsp3) is 0.409. The van der Waals surface area contributed by atoms with Gasteiger partial charge < -0.3 is 5.32 Å². The summed E-state index contributed by atoms with van der Waals surface area (Å²) in [4.78, 5) is 12.4. The van der Waals surface area contributed by atoms with E-state index in [1.165, 1.54) is 37.7 Å². The molecule has 0 radical (unpaired) electrons. The molecule has 0 aliphatic carbocycles. The van der Waals surface area contributed by atoms with E-state index in [4.69, 9.17) is 0 Å². The molecule has 0 aromatic heterocycles. The minimum atomic E-state index is -0.0131. The van der Waals surface area contributed by atoms with E-state index >= 15 is 0 Å². The van der Waals surface area contributed by atoms with Gasteiger partial charge >= 0.3 is 0 Å². The molecule has 0 fully saturated rings. The number of hydrogen-bond acceptors (Lipinski definition) is 1. The lowest BCUT2D eigenvalue weighted by molar-refractivity contribution is 0.0940. The highest BCUT2D eigenvalue weighted by molar-refractivity contribution is 5.94. The predicted octanol–water partition coefficient (Wildman–Crippen LogP) is 5.69. The van der Waals surface area contributed by atoms with Crippen molar-refractivity contribution in [1.82, 2.24) is 5.32 Å². The second-order valence-electron chi connectivity index (χ2n) is 6.47. The van der Waals surface area contributed by atoms with Gasteiger partial charge in [0, 0.05) is 5.56 Å². The van der Waals surface area contributed by atoms with Crippen molar-refractivity contribution in [1.29, 1.82) is 0 Å². The van der Waals surface area contributed by atoms with Crippen molar-refractivity contribution in [3.05, 3.63) is 71.3 Å². The average molecular weight is 323 g/mol. The van der Waals surface area contributed by atoms with Crippen LogP contribution in [0.1, 0.15) is 73.5 Å². The van der Waals surface area contributed by atoms with Crippen LogP contribution < -0.4 is 5.32 Å². The summed E-state index contributed by atoms with van der Waals surface area (Å²) in [5, 5.41) is 3.06. The number of carbonyl (C=O) groups is 1. The highest BCUT2D eigenvalue weighted by Gasteiger charge is 2.11. The lowest BCUT2D eigenvalue weighted by Crippen LogP contribution is -2.26. The van der Waals surface area contributed by atoms with Crippen LogP contribution in [0.5, 0.6) is 0 Å². The Labute approximate surface area is 146 Å². The molecular weight excluding hydrogens is 294 g/mol. The molecule has 2 nitrogen and oxygen atoms in total. The van der Waals surface area contributed by atoms with E-state index < -0.39 is 0 Å². The molecular formula is C22H29NO. The van der Waals surface area contributed by atoms with Gasteiger partial charge in [0.1, 0.15) is 0 Å². The van der Waals surface area contributed by atoms with Crippen LogP contribution in [0.25, 0.3) is 0 Å². The van der Waals surface area contributed by atoms with Crippen molar-refractivity contribution in [2.45, 2.75) is 58.4 Å². The van der Waals surface area contributed by atoms with E-state index in [-0.39, 0.29) is 11.9 Å². The van der Waals surface area contributed by atoms with Gasteiger partial charge in [-0.25, -0.2) is 0 Å². The molecule has 1 unspecified atom stereocenters. The highest BCUT2D eigenvalue weighted by atomic mass is 16.1. The molecule has 2 aromatic carbocycles. The smallest absolute Gasteiger partial charge is 0.251 e. The van der Waals surface area contributed by atoms with Gasteiger partial charge in [-0.1, -0.05) is 75.1 Å². The van der Waals surface area contributed by atoms with Gasteiger partial charge in [-0.05, 0) is 43.0 Å². The second kappa shape index (κ2) is 9.92. The topological polar surface area (TPSA) is 29.1 Å². The molecule has 128 valence electrons. The Bertz CT molecular complexity index is 604. The van der Waals surface area contributed by atoms with Crippen LogP contribution >= 0.6 is 0 Å². The molecule has 0 heterocycles. The Morgan fingerprint density at radius 3 is 2.25 bits per heavy atom. The Hall–Kier alpha value is -2.09. The zero-order valence-corrected chi connectivity index (χ0v) is 14.9. The van der Waals surface area contributed by atoms with Crippen molar-refractivity contribution in [2.24, 2.45) is 0 Å². The van der Waals surface area contributed by atoms with Gasteiger partial charge in [0.05, 0.1) is 6.04 Å². The number of nitrogens with one attached hydrogen (secondary N) is 1. The molecule has 0 aliphatic rings. The van der Waals surface area contributed by atoms with Gasteiger partial charge in [-0.2, -0.15) is 0 Å². The van der Waals surface area contributed by atoms with Gasteiger partial charge in [-0.15, -0.1) is 0 Å². The highest BCUT2D eigenvalue weighted by Crippen LogP contribution is 2.14. The number of unbranched alkanes of at least 4 members (excludes halogenated alkanes) is 4. The quantitative estimate of drug-likeness (QED) is 0.590. The molecule has 24 heavy (non-hydrogen) atoms. The standard InChI is InChI=1S/C22H29NO/c1-3-4-5-6-8-11-19-14-16-21(17-15-19)22(24)23-18(2)20-12-9-7-10-13-20/h7,9-10,12-18H,3-6,8,11H2,1-2H3,(H,23,24). The monoisotopic (exact) mass is 323 g/mol. The van der Waals surface area contributed by atoms with E-state index in [2.05, 4.69) is 24.4 Å². The van der Waals surface area contributed by atoms with Crippen molar-refractivity contribution in [3.63, 3.8) is 0 Å². The molecule has 2 aromatic rings. The summed E-state index contributed by atoms with van der Waals surface area (Å²) in [6, 6.07) is 18.1. The van der Waals surface area contributed by atoms with Gasteiger partial charge in [0.25, 0.3) is 5.91 Å².